The minimum absolute atomic E-state index is 0.0215. The van der Waals surface area contributed by atoms with Crippen LogP contribution < -0.4 is 5.32 Å². The van der Waals surface area contributed by atoms with Gasteiger partial charge in [0.2, 0.25) is 5.91 Å². The van der Waals surface area contributed by atoms with Gasteiger partial charge in [0.25, 0.3) is 0 Å². The maximum Gasteiger partial charge on any atom is 0.305 e. The Bertz CT molecular complexity index is 1500. The second-order valence-corrected chi connectivity index (χ2v) is 30.6. The maximum absolute atomic E-state index is 12.6. The Balaban J connectivity index is 3.32. The maximum atomic E-state index is 12.6. The number of ether oxygens (including phenoxy) is 1. The number of aliphatic hydroxyl groups is 2. The van der Waals surface area contributed by atoms with E-state index in [-0.39, 0.29) is 18.5 Å². The summed E-state index contributed by atoms with van der Waals surface area (Å²) in [6, 6.07) is -0.625. The molecule has 0 fully saturated rings. The zero-order valence-electron chi connectivity index (χ0n) is 64.9. The normalized spacial score (nSPS) is 12.5. The molecule has 2 unspecified atom stereocenters. The number of carbonyl (C=O) groups is 2. The van der Waals surface area contributed by atoms with Crippen molar-refractivity contribution in [3.05, 3.63) is 24.3 Å². The summed E-state index contributed by atoms with van der Waals surface area (Å²) in [5, 5.41) is 23.3. The summed E-state index contributed by atoms with van der Waals surface area (Å²) in [4.78, 5) is 24.7. The summed E-state index contributed by atoms with van der Waals surface area (Å²) in [7, 11) is 0. The van der Waals surface area contributed by atoms with E-state index in [0.717, 1.165) is 38.5 Å². The number of esters is 1. The number of aliphatic hydroxyl groups excluding tert-OH is 2. The lowest BCUT2D eigenvalue weighted by molar-refractivity contribution is -0.143. The molecule has 0 aliphatic heterocycles. The molecule has 1 amide bonds. The van der Waals surface area contributed by atoms with Crippen molar-refractivity contribution >= 4 is 11.9 Å². The summed E-state index contributed by atoms with van der Waals surface area (Å²) in [5.74, 6) is -0.0349. The van der Waals surface area contributed by atoms with E-state index in [1.165, 1.54) is 443 Å². The molecule has 0 saturated carbocycles. The lowest BCUT2D eigenvalue weighted by Gasteiger charge is -2.20. The molecule has 0 saturated heterocycles. The first-order valence-corrected chi connectivity index (χ1v) is 44.1. The minimum Gasteiger partial charge on any atom is -0.466 e. The molecular weight excluding hydrogens is 1160 g/mol. The number of hydrogen-bond donors (Lipinski definition) is 3. The molecule has 2 atom stereocenters. The lowest BCUT2D eigenvalue weighted by atomic mass is 10.0. The Labute approximate surface area is 596 Å². The fraction of sp³-hybridized carbons (Fsp3) is 0.933. The highest BCUT2D eigenvalue weighted by Gasteiger charge is 2.18. The van der Waals surface area contributed by atoms with Crippen molar-refractivity contribution in [3.8, 4) is 0 Å². The summed E-state index contributed by atoms with van der Waals surface area (Å²) in [6.07, 6.45) is 111. The molecule has 0 rings (SSSR count). The second kappa shape index (κ2) is 84.8. The van der Waals surface area contributed by atoms with E-state index >= 15 is 0 Å². The number of unbranched alkanes of at least 4 members (excludes halogenated alkanes) is 71. The van der Waals surface area contributed by atoms with Crippen molar-refractivity contribution in [2.75, 3.05) is 13.2 Å². The molecule has 6 heteroatoms. The number of nitrogens with one attached hydrogen (secondary N) is 1. The third kappa shape index (κ3) is 81.2. The highest BCUT2D eigenvalue weighted by atomic mass is 16.5. The molecule has 6 nitrogen and oxygen atoms in total. The van der Waals surface area contributed by atoms with Crippen LogP contribution >= 0.6 is 0 Å². The molecule has 0 aromatic heterocycles. The van der Waals surface area contributed by atoms with E-state index in [9.17, 15) is 19.8 Å². The number of carbonyl (C=O) groups excluding carboxylic acids is 2. The Kier molecular flexibility index (Phi) is 83.3. The Hall–Kier alpha value is -1.66. The molecule has 564 valence electrons. The third-order valence-electron chi connectivity index (χ3n) is 21.0. The Morgan fingerprint density at radius 1 is 0.284 bits per heavy atom. The Morgan fingerprint density at radius 2 is 0.495 bits per heavy atom. The molecule has 3 N–H and O–H groups in total. The summed E-state index contributed by atoms with van der Waals surface area (Å²) in [6.45, 7) is 4.97. The predicted molar refractivity (Wildman–Crippen MR) is 421 cm³/mol. The van der Waals surface area contributed by atoms with Crippen LogP contribution in [0.5, 0.6) is 0 Å². The van der Waals surface area contributed by atoms with Crippen molar-refractivity contribution in [3.63, 3.8) is 0 Å². The van der Waals surface area contributed by atoms with Gasteiger partial charge < -0.3 is 20.3 Å². The smallest absolute Gasteiger partial charge is 0.305 e. The first-order valence-electron chi connectivity index (χ1n) is 44.1. The van der Waals surface area contributed by atoms with Crippen molar-refractivity contribution in [2.45, 2.75) is 520 Å². The van der Waals surface area contributed by atoms with Crippen molar-refractivity contribution in [1.29, 1.82) is 0 Å². The van der Waals surface area contributed by atoms with Crippen molar-refractivity contribution < 1.29 is 24.5 Å². The van der Waals surface area contributed by atoms with Crippen LogP contribution in [0.2, 0.25) is 0 Å². The zero-order chi connectivity index (χ0) is 68.4. The van der Waals surface area contributed by atoms with Crippen LogP contribution in [0.3, 0.4) is 0 Å². The van der Waals surface area contributed by atoms with Crippen LogP contribution in [-0.4, -0.2) is 47.4 Å². The van der Waals surface area contributed by atoms with E-state index in [2.05, 4.69) is 31.3 Å². The Morgan fingerprint density at radius 3 is 0.747 bits per heavy atom. The molecule has 95 heavy (non-hydrogen) atoms. The van der Waals surface area contributed by atoms with Gasteiger partial charge in [-0.05, 0) is 57.8 Å². The average Bonchev–Trinajstić information content (AvgIpc) is 3.03. The quantitative estimate of drug-likeness (QED) is 0.0320. The third-order valence-corrected chi connectivity index (χ3v) is 21.0. The first-order chi connectivity index (χ1) is 47.0. The number of allylic oxidation sites excluding steroid dienone is 3. The van der Waals surface area contributed by atoms with Gasteiger partial charge in [-0.2, -0.15) is 0 Å². The fourth-order valence-electron chi connectivity index (χ4n) is 14.3. The van der Waals surface area contributed by atoms with E-state index in [0.29, 0.717) is 19.4 Å². The number of rotatable bonds is 84. The molecule has 0 radical (unpaired) electrons. The van der Waals surface area contributed by atoms with E-state index < -0.39 is 12.1 Å². The van der Waals surface area contributed by atoms with E-state index in [1.807, 2.05) is 6.08 Å². The van der Waals surface area contributed by atoms with Crippen molar-refractivity contribution in [1.82, 2.24) is 5.32 Å². The molecular formula is C89H173NO5. The van der Waals surface area contributed by atoms with Gasteiger partial charge in [0.05, 0.1) is 25.4 Å². The standard InChI is InChI=1S/C89H173NO5/c1-3-5-7-9-11-13-15-17-19-21-23-24-40-43-46-49-53-57-61-65-69-73-77-81-87(92)86(85-91)90-88(93)82-78-74-70-66-62-58-54-50-47-44-41-38-36-34-32-30-28-26-25-27-29-31-33-35-37-39-42-45-48-52-56-60-64-68-72-76-80-84-95-89(94)83-79-75-71-67-63-59-55-51-22-20-18-16-14-12-10-8-6-4-2/h20,22,77,81,86-87,91-92H,3-19,21,23-76,78-80,82-85H2,1-2H3,(H,90,93)/b22-20-,81-77+. The minimum atomic E-state index is -0.842. The summed E-state index contributed by atoms with van der Waals surface area (Å²) < 4.78 is 5.52. The monoisotopic (exact) mass is 1340 g/mol. The molecule has 0 aliphatic carbocycles. The van der Waals surface area contributed by atoms with E-state index in [4.69, 9.17) is 4.74 Å². The highest BCUT2D eigenvalue weighted by Crippen LogP contribution is 2.21. The van der Waals surface area contributed by atoms with Gasteiger partial charge in [-0.25, -0.2) is 0 Å². The molecule has 0 heterocycles. The van der Waals surface area contributed by atoms with Crippen LogP contribution in [0.1, 0.15) is 508 Å². The van der Waals surface area contributed by atoms with Gasteiger partial charge in [-0.3, -0.25) is 9.59 Å². The fourth-order valence-corrected chi connectivity index (χ4v) is 14.3. The van der Waals surface area contributed by atoms with Gasteiger partial charge in [0.15, 0.2) is 0 Å². The van der Waals surface area contributed by atoms with E-state index in [1.54, 1.807) is 6.08 Å². The lowest BCUT2D eigenvalue weighted by Crippen LogP contribution is -2.45. The second-order valence-electron chi connectivity index (χ2n) is 30.6. The highest BCUT2D eigenvalue weighted by molar-refractivity contribution is 5.76. The van der Waals surface area contributed by atoms with Gasteiger partial charge >= 0.3 is 5.97 Å². The molecule has 0 spiro atoms. The SMILES string of the molecule is CCCCCCCCC/C=C\CCCCCCCCCC(=O)OCCCCCCCCCCCCCCCCCCCCCCCCCCCCCCCCCCCCCCCC(=O)NC(CO)C(O)/C=C/CCCCCCCCCCCCCCCCCCCCCCC. The van der Waals surface area contributed by atoms with Crippen LogP contribution in [0.15, 0.2) is 24.3 Å². The molecule has 0 aliphatic rings. The summed E-state index contributed by atoms with van der Waals surface area (Å²) in [5.41, 5.74) is 0. The summed E-state index contributed by atoms with van der Waals surface area (Å²) >= 11 is 0. The number of hydrogen-bond acceptors (Lipinski definition) is 5. The van der Waals surface area contributed by atoms with Gasteiger partial charge in [-0.15, -0.1) is 0 Å². The molecule has 0 bridgehead atoms. The van der Waals surface area contributed by atoms with Gasteiger partial charge in [0.1, 0.15) is 0 Å². The predicted octanol–water partition coefficient (Wildman–Crippen LogP) is 29.6. The molecule has 0 aromatic rings. The van der Waals surface area contributed by atoms with Gasteiger partial charge in [-0.1, -0.05) is 462 Å². The zero-order valence-corrected chi connectivity index (χ0v) is 64.9. The molecule has 0 aromatic carbocycles. The van der Waals surface area contributed by atoms with Gasteiger partial charge in [0, 0.05) is 12.8 Å². The van der Waals surface area contributed by atoms with Crippen LogP contribution in [0.4, 0.5) is 0 Å². The van der Waals surface area contributed by atoms with Crippen LogP contribution in [0, 0.1) is 0 Å². The van der Waals surface area contributed by atoms with Crippen LogP contribution in [-0.2, 0) is 14.3 Å². The number of amides is 1. The van der Waals surface area contributed by atoms with Crippen LogP contribution in [0.25, 0.3) is 0 Å². The topological polar surface area (TPSA) is 95.9 Å². The average molecular weight is 1340 g/mol. The first kappa shape index (κ1) is 93.3. The largest absolute Gasteiger partial charge is 0.466 e. The van der Waals surface area contributed by atoms with Crippen molar-refractivity contribution in [2.24, 2.45) is 0 Å².